The van der Waals surface area contributed by atoms with Crippen LogP contribution in [0.2, 0.25) is 5.28 Å². The van der Waals surface area contributed by atoms with Gasteiger partial charge >= 0.3 is 0 Å². The molecular formula is C8H11ClF2N4. The molecule has 0 radical (unpaired) electrons. The molecular weight excluding hydrogens is 226 g/mol. The van der Waals surface area contributed by atoms with Gasteiger partial charge in [-0.15, -0.1) is 0 Å². The van der Waals surface area contributed by atoms with Crippen LogP contribution < -0.4 is 4.90 Å². The van der Waals surface area contributed by atoms with Crippen LogP contribution in [-0.2, 0) is 0 Å². The van der Waals surface area contributed by atoms with Crippen molar-refractivity contribution in [3.63, 3.8) is 0 Å². The summed E-state index contributed by atoms with van der Waals surface area (Å²) in [5.74, 6) is -2.26. The summed E-state index contributed by atoms with van der Waals surface area (Å²) in [4.78, 5) is 12.6. The molecule has 0 atom stereocenters. The van der Waals surface area contributed by atoms with Crippen LogP contribution in [0.25, 0.3) is 0 Å². The smallest absolute Gasteiger partial charge is 0.262 e. The quantitative estimate of drug-likeness (QED) is 0.804. The Kier molecular flexibility index (Phi) is 3.38. The number of hydrogen-bond donors (Lipinski definition) is 0. The van der Waals surface area contributed by atoms with Crippen molar-refractivity contribution >= 4 is 17.5 Å². The van der Waals surface area contributed by atoms with E-state index in [1.807, 2.05) is 0 Å². The van der Waals surface area contributed by atoms with Crippen LogP contribution in [-0.4, -0.2) is 34.5 Å². The summed E-state index contributed by atoms with van der Waals surface area (Å²) in [5.41, 5.74) is 0. The SMILES string of the molecule is Cc1nc(Cl)nc(N(C)CC(C)(F)F)n1. The summed E-state index contributed by atoms with van der Waals surface area (Å²) < 4.78 is 25.4. The molecule has 7 heteroatoms. The van der Waals surface area contributed by atoms with Gasteiger partial charge in [-0.05, 0) is 18.5 Å². The number of anilines is 1. The molecule has 0 aliphatic carbocycles. The zero-order valence-electron chi connectivity index (χ0n) is 8.63. The lowest BCUT2D eigenvalue weighted by atomic mass is 10.4. The minimum Gasteiger partial charge on any atom is -0.338 e. The van der Waals surface area contributed by atoms with Crippen molar-refractivity contribution in [3.8, 4) is 0 Å². The highest BCUT2D eigenvalue weighted by molar-refractivity contribution is 6.28. The van der Waals surface area contributed by atoms with Crippen LogP contribution in [0.4, 0.5) is 14.7 Å². The fourth-order valence-electron chi connectivity index (χ4n) is 1.09. The Hall–Kier alpha value is -1.04. The summed E-state index contributed by atoms with van der Waals surface area (Å²) >= 11 is 5.59. The molecule has 84 valence electrons. The number of aromatic nitrogens is 3. The van der Waals surface area contributed by atoms with Gasteiger partial charge in [-0.25, -0.2) is 13.8 Å². The zero-order chi connectivity index (χ0) is 11.6. The summed E-state index contributed by atoms with van der Waals surface area (Å²) in [5, 5.41) is 0.00349. The summed E-state index contributed by atoms with van der Waals surface area (Å²) in [6, 6.07) is 0. The Balaban J connectivity index is 2.86. The molecule has 0 bridgehead atoms. The van der Waals surface area contributed by atoms with Gasteiger partial charge in [-0.2, -0.15) is 9.97 Å². The standard InChI is InChI=1S/C8H11ClF2N4/c1-5-12-6(9)14-7(13-5)15(3)4-8(2,10)11/h4H2,1-3H3. The predicted octanol–water partition coefficient (Wildman–Crippen LogP) is 1.92. The maximum absolute atomic E-state index is 12.7. The molecule has 1 rings (SSSR count). The highest BCUT2D eigenvalue weighted by Gasteiger charge is 2.24. The number of alkyl halides is 2. The van der Waals surface area contributed by atoms with E-state index in [1.54, 1.807) is 6.92 Å². The first-order chi connectivity index (χ1) is 6.78. The largest absolute Gasteiger partial charge is 0.338 e. The Morgan fingerprint density at radius 3 is 2.40 bits per heavy atom. The zero-order valence-corrected chi connectivity index (χ0v) is 9.39. The van der Waals surface area contributed by atoms with E-state index in [0.29, 0.717) is 5.82 Å². The van der Waals surface area contributed by atoms with Gasteiger partial charge in [-0.3, -0.25) is 0 Å². The first-order valence-corrected chi connectivity index (χ1v) is 4.63. The third-order valence-corrected chi connectivity index (χ3v) is 1.73. The van der Waals surface area contributed by atoms with E-state index >= 15 is 0 Å². The minimum absolute atomic E-state index is 0.00349. The topological polar surface area (TPSA) is 41.9 Å². The second-order valence-corrected chi connectivity index (χ2v) is 3.72. The van der Waals surface area contributed by atoms with E-state index in [4.69, 9.17) is 11.6 Å². The fourth-order valence-corrected chi connectivity index (χ4v) is 1.29. The van der Waals surface area contributed by atoms with E-state index in [0.717, 1.165) is 6.92 Å². The van der Waals surface area contributed by atoms with Crippen LogP contribution in [0.5, 0.6) is 0 Å². The van der Waals surface area contributed by atoms with E-state index in [9.17, 15) is 8.78 Å². The predicted molar refractivity (Wildman–Crippen MR) is 53.5 cm³/mol. The van der Waals surface area contributed by atoms with Gasteiger partial charge in [0.25, 0.3) is 5.92 Å². The lowest BCUT2D eigenvalue weighted by Crippen LogP contribution is -2.33. The molecule has 1 aromatic heterocycles. The Labute approximate surface area is 91.3 Å². The van der Waals surface area contributed by atoms with Gasteiger partial charge in [0.15, 0.2) is 0 Å². The average molecular weight is 237 g/mol. The van der Waals surface area contributed by atoms with Gasteiger partial charge in [0.2, 0.25) is 11.2 Å². The van der Waals surface area contributed by atoms with E-state index in [1.165, 1.54) is 11.9 Å². The van der Waals surface area contributed by atoms with Crippen molar-refractivity contribution in [2.45, 2.75) is 19.8 Å². The summed E-state index contributed by atoms with van der Waals surface area (Å²) in [6.45, 7) is 1.99. The molecule has 15 heavy (non-hydrogen) atoms. The number of rotatable bonds is 3. The molecule has 0 spiro atoms. The van der Waals surface area contributed by atoms with E-state index in [-0.39, 0.29) is 11.2 Å². The molecule has 0 unspecified atom stereocenters. The minimum atomic E-state index is -2.80. The molecule has 1 aromatic rings. The highest BCUT2D eigenvalue weighted by Crippen LogP contribution is 2.16. The van der Waals surface area contributed by atoms with Gasteiger partial charge in [-0.1, -0.05) is 0 Å². The first-order valence-electron chi connectivity index (χ1n) is 4.25. The molecule has 0 saturated heterocycles. The van der Waals surface area contributed by atoms with Gasteiger partial charge < -0.3 is 4.90 Å². The van der Waals surface area contributed by atoms with Crippen LogP contribution in [0.3, 0.4) is 0 Å². The molecule has 1 heterocycles. The first kappa shape index (κ1) is 12.0. The van der Waals surface area contributed by atoms with Crippen molar-refractivity contribution in [3.05, 3.63) is 11.1 Å². The van der Waals surface area contributed by atoms with Crippen LogP contribution >= 0.6 is 11.6 Å². The van der Waals surface area contributed by atoms with Crippen molar-refractivity contribution in [2.75, 3.05) is 18.5 Å². The van der Waals surface area contributed by atoms with Crippen LogP contribution in [0, 0.1) is 6.92 Å². The van der Waals surface area contributed by atoms with Crippen molar-refractivity contribution < 1.29 is 8.78 Å². The lowest BCUT2D eigenvalue weighted by molar-refractivity contribution is 0.0307. The summed E-state index contributed by atoms with van der Waals surface area (Å²) in [6.07, 6.45) is 0. The van der Waals surface area contributed by atoms with Crippen LogP contribution in [0.15, 0.2) is 0 Å². The second-order valence-electron chi connectivity index (χ2n) is 3.38. The number of nitrogens with zero attached hydrogens (tertiary/aromatic N) is 4. The van der Waals surface area contributed by atoms with Gasteiger partial charge in [0, 0.05) is 14.0 Å². The maximum atomic E-state index is 12.7. The number of aryl methyl sites for hydroxylation is 1. The van der Waals surface area contributed by atoms with Crippen molar-refractivity contribution in [2.24, 2.45) is 0 Å². The molecule has 0 aromatic carbocycles. The Morgan fingerprint density at radius 1 is 1.33 bits per heavy atom. The Bertz CT molecular complexity index is 333. The maximum Gasteiger partial charge on any atom is 0.262 e. The Morgan fingerprint density at radius 2 is 1.93 bits per heavy atom. The monoisotopic (exact) mass is 236 g/mol. The summed E-state index contributed by atoms with van der Waals surface area (Å²) in [7, 11) is 1.47. The molecule has 0 saturated carbocycles. The average Bonchev–Trinajstić information content (AvgIpc) is 1.98. The molecule has 0 fully saturated rings. The van der Waals surface area contributed by atoms with E-state index < -0.39 is 12.5 Å². The fraction of sp³-hybridized carbons (Fsp3) is 0.625. The second kappa shape index (κ2) is 4.22. The molecule has 0 aliphatic rings. The molecule has 0 N–H and O–H groups in total. The van der Waals surface area contributed by atoms with E-state index in [2.05, 4.69) is 15.0 Å². The number of hydrogen-bond acceptors (Lipinski definition) is 4. The highest BCUT2D eigenvalue weighted by atomic mass is 35.5. The van der Waals surface area contributed by atoms with Crippen molar-refractivity contribution in [1.82, 2.24) is 15.0 Å². The molecule has 4 nitrogen and oxygen atoms in total. The third-order valence-electron chi connectivity index (χ3n) is 1.56. The third kappa shape index (κ3) is 3.91. The van der Waals surface area contributed by atoms with Crippen LogP contribution in [0.1, 0.15) is 12.7 Å². The van der Waals surface area contributed by atoms with Crippen molar-refractivity contribution in [1.29, 1.82) is 0 Å². The molecule has 0 amide bonds. The van der Waals surface area contributed by atoms with Gasteiger partial charge in [0.05, 0.1) is 6.54 Å². The number of halogens is 3. The van der Waals surface area contributed by atoms with Gasteiger partial charge in [0.1, 0.15) is 5.82 Å². The normalized spacial score (nSPS) is 11.6. The molecule has 0 aliphatic heterocycles. The lowest BCUT2D eigenvalue weighted by Gasteiger charge is -2.20.